The zero-order chi connectivity index (χ0) is 13.7. The average Bonchev–Trinajstić information content (AvgIpc) is 2.48. The molecule has 4 heteroatoms. The summed E-state index contributed by atoms with van der Waals surface area (Å²) < 4.78 is 5.47. The van der Waals surface area contributed by atoms with E-state index >= 15 is 0 Å². The van der Waals surface area contributed by atoms with Crippen molar-refractivity contribution in [1.29, 1.82) is 0 Å². The molecule has 0 bridgehead atoms. The van der Waals surface area contributed by atoms with Crippen molar-refractivity contribution in [2.75, 3.05) is 40.0 Å². The minimum absolute atomic E-state index is 0.0809. The highest BCUT2D eigenvalue weighted by molar-refractivity contribution is 5.25. The van der Waals surface area contributed by atoms with Crippen LogP contribution in [0.25, 0.3) is 0 Å². The number of aliphatic hydroxyl groups is 1. The third kappa shape index (κ3) is 3.15. The lowest BCUT2D eigenvalue weighted by Gasteiger charge is -2.41. The Morgan fingerprint density at radius 2 is 2.16 bits per heavy atom. The van der Waals surface area contributed by atoms with Gasteiger partial charge in [-0.1, -0.05) is 30.3 Å². The minimum Gasteiger partial charge on any atom is -0.394 e. The molecule has 0 aromatic heterocycles. The molecule has 2 unspecified atom stereocenters. The van der Waals surface area contributed by atoms with Gasteiger partial charge in [0.05, 0.1) is 25.4 Å². The van der Waals surface area contributed by atoms with E-state index in [1.165, 1.54) is 0 Å². The van der Waals surface area contributed by atoms with E-state index in [0.717, 1.165) is 31.9 Å². The zero-order valence-corrected chi connectivity index (χ0v) is 11.8. The van der Waals surface area contributed by atoms with Gasteiger partial charge in [-0.3, -0.25) is 4.90 Å². The second kappa shape index (κ2) is 6.48. The molecule has 0 aliphatic carbocycles. The van der Waals surface area contributed by atoms with Crippen molar-refractivity contribution >= 4 is 0 Å². The number of morpholine rings is 1. The van der Waals surface area contributed by atoms with Crippen LogP contribution < -0.4 is 5.32 Å². The molecular formula is C15H24N2O2. The van der Waals surface area contributed by atoms with E-state index in [0.29, 0.717) is 6.04 Å². The fourth-order valence-corrected chi connectivity index (χ4v) is 2.64. The molecule has 1 saturated heterocycles. The first kappa shape index (κ1) is 14.5. The quantitative estimate of drug-likeness (QED) is 0.826. The molecule has 1 aliphatic rings. The molecule has 106 valence electrons. The van der Waals surface area contributed by atoms with Crippen LogP contribution in [0.3, 0.4) is 0 Å². The summed E-state index contributed by atoms with van der Waals surface area (Å²) in [6.07, 6.45) is 0. The van der Waals surface area contributed by atoms with Crippen LogP contribution in [-0.4, -0.2) is 56.0 Å². The number of rotatable bonds is 5. The molecule has 0 radical (unpaired) electrons. The second-order valence-corrected chi connectivity index (χ2v) is 5.25. The lowest BCUT2D eigenvalue weighted by Crippen LogP contribution is -2.56. The predicted molar refractivity (Wildman–Crippen MR) is 76.1 cm³/mol. The van der Waals surface area contributed by atoms with Gasteiger partial charge in [0.15, 0.2) is 0 Å². The molecule has 2 rings (SSSR count). The van der Waals surface area contributed by atoms with Crippen LogP contribution in [0.15, 0.2) is 30.3 Å². The SMILES string of the molecule is CNC(CO)(CN1CCOCC1C)c1ccccc1. The Hall–Kier alpha value is -0.940. The fourth-order valence-electron chi connectivity index (χ4n) is 2.64. The van der Waals surface area contributed by atoms with Gasteiger partial charge in [0, 0.05) is 19.1 Å². The summed E-state index contributed by atoms with van der Waals surface area (Å²) in [6, 6.07) is 10.5. The van der Waals surface area contributed by atoms with Gasteiger partial charge < -0.3 is 15.2 Å². The van der Waals surface area contributed by atoms with Crippen molar-refractivity contribution in [2.45, 2.75) is 18.5 Å². The second-order valence-electron chi connectivity index (χ2n) is 5.25. The van der Waals surface area contributed by atoms with E-state index < -0.39 is 5.54 Å². The Labute approximate surface area is 115 Å². The summed E-state index contributed by atoms with van der Waals surface area (Å²) in [5, 5.41) is 13.2. The lowest BCUT2D eigenvalue weighted by molar-refractivity contribution is -0.0201. The molecule has 1 aliphatic heterocycles. The van der Waals surface area contributed by atoms with Crippen molar-refractivity contribution in [3.8, 4) is 0 Å². The topological polar surface area (TPSA) is 44.7 Å². The number of nitrogens with zero attached hydrogens (tertiary/aromatic N) is 1. The first-order chi connectivity index (χ1) is 9.22. The van der Waals surface area contributed by atoms with Gasteiger partial charge in [-0.15, -0.1) is 0 Å². The number of hydrogen-bond donors (Lipinski definition) is 2. The van der Waals surface area contributed by atoms with Crippen molar-refractivity contribution in [2.24, 2.45) is 0 Å². The first-order valence-electron chi connectivity index (χ1n) is 6.89. The van der Waals surface area contributed by atoms with Gasteiger partial charge in [-0.2, -0.15) is 0 Å². The summed E-state index contributed by atoms with van der Waals surface area (Å²) in [7, 11) is 1.91. The standard InChI is InChI=1S/C15H24N2O2/c1-13-10-19-9-8-17(13)11-15(12-18,16-2)14-6-4-3-5-7-14/h3-7,13,16,18H,8-12H2,1-2H3. The fraction of sp³-hybridized carbons (Fsp3) is 0.600. The molecule has 1 heterocycles. The van der Waals surface area contributed by atoms with Crippen molar-refractivity contribution < 1.29 is 9.84 Å². The van der Waals surface area contributed by atoms with Gasteiger partial charge in [-0.25, -0.2) is 0 Å². The molecule has 1 aromatic carbocycles. The predicted octanol–water partition coefficient (Wildman–Crippen LogP) is 0.814. The van der Waals surface area contributed by atoms with E-state index in [-0.39, 0.29) is 6.61 Å². The maximum Gasteiger partial charge on any atom is 0.0795 e. The Balaban J connectivity index is 2.19. The Kier molecular flexibility index (Phi) is 4.93. The number of nitrogens with one attached hydrogen (secondary N) is 1. The Morgan fingerprint density at radius 3 is 2.74 bits per heavy atom. The van der Waals surface area contributed by atoms with Crippen LogP contribution in [0, 0.1) is 0 Å². The van der Waals surface area contributed by atoms with Crippen LogP contribution in [-0.2, 0) is 10.3 Å². The Morgan fingerprint density at radius 1 is 1.42 bits per heavy atom. The third-order valence-corrected chi connectivity index (χ3v) is 4.05. The number of aliphatic hydroxyl groups excluding tert-OH is 1. The summed E-state index contributed by atoms with van der Waals surface area (Å²) in [5.41, 5.74) is 0.714. The molecule has 2 atom stereocenters. The number of likely N-dealkylation sites (N-methyl/N-ethyl adjacent to an activating group) is 1. The van der Waals surface area contributed by atoms with Crippen LogP contribution in [0.2, 0.25) is 0 Å². The number of benzene rings is 1. The van der Waals surface area contributed by atoms with Gasteiger partial charge in [0.2, 0.25) is 0 Å². The Bertz CT molecular complexity index is 379. The van der Waals surface area contributed by atoms with Crippen molar-refractivity contribution in [3.05, 3.63) is 35.9 Å². The highest BCUT2D eigenvalue weighted by Crippen LogP contribution is 2.23. The molecule has 4 nitrogen and oxygen atoms in total. The molecule has 0 saturated carbocycles. The maximum absolute atomic E-state index is 9.93. The van der Waals surface area contributed by atoms with Crippen LogP contribution in [0.4, 0.5) is 0 Å². The number of hydrogen-bond acceptors (Lipinski definition) is 4. The lowest BCUT2D eigenvalue weighted by atomic mass is 9.89. The smallest absolute Gasteiger partial charge is 0.0795 e. The molecule has 0 spiro atoms. The van der Waals surface area contributed by atoms with Gasteiger partial charge in [0.25, 0.3) is 0 Å². The monoisotopic (exact) mass is 264 g/mol. The first-order valence-corrected chi connectivity index (χ1v) is 6.89. The molecule has 19 heavy (non-hydrogen) atoms. The van der Waals surface area contributed by atoms with Gasteiger partial charge >= 0.3 is 0 Å². The molecular weight excluding hydrogens is 240 g/mol. The third-order valence-electron chi connectivity index (χ3n) is 4.05. The largest absolute Gasteiger partial charge is 0.394 e. The summed E-state index contributed by atoms with van der Waals surface area (Å²) in [5.74, 6) is 0. The van der Waals surface area contributed by atoms with E-state index in [2.05, 4.69) is 29.3 Å². The highest BCUT2D eigenvalue weighted by atomic mass is 16.5. The minimum atomic E-state index is -0.410. The van der Waals surface area contributed by atoms with Crippen LogP contribution >= 0.6 is 0 Å². The summed E-state index contributed by atoms with van der Waals surface area (Å²) in [6.45, 7) is 5.48. The summed E-state index contributed by atoms with van der Waals surface area (Å²) in [4.78, 5) is 2.38. The van der Waals surface area contributed by atoms with Gasteiger partial charge in [-0.05, 0) is 19.5 Å². The highest BCUT2D eigenvalue weighted by Gasteiger charge is 2.34. The molecule has 1 fully saturated rings. The van der Waals surface area contributed by atoms with Crippen molar-refractivity contribution in [3.63, 3.8) is 0 Å². The van der Waals surface area contributed by atoms with E-state index in [4.69, 9.17) is 4.74 Å². The van der Waals surface area contributed by atoms with Crippen molar-refractivity contribution in [1.82, 2.24) is 10.2 Å². The van der Waals surface area contributed by atoms with E-state index in [1.807, 2.05) is 25.2 Å². The zero-order valence-electron chi connectivity index (χ0n) is 11.8. The number of ether oxygens (including phenoxy) is 1. The van der Waals surface area contributed by atoms with Crippen LogP contribution in [0.5, 0.6) is 0 Å². The average molecular weight is 264 g/mol. The van der Waals surface area contributed by atoms with Gasteiger partial charge in [0.1, 0.15) is 0 Å². The van der Waals surface area contributed by atoms with E-state index in [9.17, 15) is 5.11 Å². The molecule has 0 amide bonds. The maximum atomic E-state index is 9.93. The normalized spacial score (nSPS) is 24.1. The summed E-state index contributed by atoms with van der Waals surface area (Å²) >= 11 is 0. The van der Waals surface area contributed by atoms with Crippen LogP contribution in [0.1, 0.15) is 12.5 Å². The molecule has 2 N–H and O–H groups in total. The molecule has 1 aromatic rings. The van der Waals surface area contributed by atoms with E-state index in [1.54, 1.807) is 0 Å².